The molecule has 0 bridgehead atoms. The number of benzene rings is 6. The van der Waals surface area contributed by atoms with Gasteiger partial charge in [-0.05, 0) is 52.3 Å². The van der Waals surface area contributed by atoms with Gasteiger partial charge in [0.25, 0.3) is 0 Å². The Hall–Kier alpha value is -6.82. The average Bonchev–Trinajstić information content (AvgIpc) is 3.57. The fourth-order valence-electron chi connectivity index (χ4n) is 7.32. The monoisotopic (exact) mass is 790 g/mol. The van der Waals surface area contributed by atoms with Crippen LogP contribution in [0.1, 0.15) is 52.1 Å². The summed E-state index contributed by atoms with van der Waals surface area (Å²) in [6, 6.07) is 39.1. The lowest BCUT2D eigenvalue weighted by Crippen LogP contribution is -2.49. The number of carbonyl (C=O) groups excluding carboxylic acids is 3. The molecule has 0 radical (unpaired) electrons. The SMILES string of the molecule is Cc1ccc(C(NC(=O)CCC(NC(=O)OCC2c3ccccc3-c3ccccc32)C(=O)Oc2c(F)c(F)c(F)c(F)c2F)(c2ccccc2)c2ccccc2)cc1. The molecule has 0 fully saturated rings. The van der Waals surface area contributed by atoms with Crippen LogP contribution in [0.3, 0.4) is 0 Å². The normalized spacial score (nSPS) is 12.6. The second-order valence-corrected chi connectivity index (χ2v) is 13.8. The Balaban J connectivity index is 1.16. The van der Waals surface area contributed by atoms with Crippen molar-refractivity contribution in [1.29, 1.82) is 0 Å². The van der Waals surface area contributed by atoms with Gasteiger partial charge in [0.2, 0.25) is 40.7 Å². The van der Waals surface area contributed by atoms with Crippen molar-refractivity contribution in [3.8, 4) is 16.9 Å². The van der Waals surface area contributed by atoms with Crippen molar-refractivity contribution in [2.75, 3.05) is 6.61 Å². The molecule has 1 unspecified atom stereocenters. The smallest absolute Gasteiger partial charge is 0.407 e. The highest BCUT2D eigenvalue weighted by Crippen LogP contribution is 2.44. The number of alkyl carbamates (subject to hydrolysis) is 1. The van der Waals surface area contributed by atoms with Crippen molar-refractivity contribution in [2.45, 2.75) is 37.3 Å². The molecule has 0 aromatic heterocycles. The van der Waals surface area contributed by atoms with Crippen molar-refractivity contribution in [3.63, 3.8) is 0 Å². The van der Waals surface area contributed by atoms with E-state index in [0.717, 1.165) is 27.8 Å². The molecular weight excluding hydrogens is 756 g/mol. The Morgan fingerprint density at radius 2 is 1.09 bits per heavy atom. The van der Waals surface area contributed by atoms with E-state index in [1.54, 1.807) is 0 Å². The molecule has 6 aromatic carbocycles. The first-order valence-electron chi connectivity index (χ1n) is 18.3. The van der Waals surface area contributed by atoms with Gasteiger partial charge in [-0.1, -0.05) is 139 Å². The summed E-state index contributed by atoms with van der Waals surface area (Å²) in [4.78, 5) is 41.0. The van der Waals surface area contributed by atoms with Gasteiger partial charge in [-0.15, -0.1) is 0 Å². The number of ether oxygens (including phenoxy) is 2. The fourth-order valence-corrected chi connectivity index (χ4v) is 7.32. The maximum absolute atomic E-state index is 14.7. The molecule has 0 aliphatic heterocycles. The van der Waals surface area contributed by atoms with Crippen molar-refractivity contribution in [1.82, 2.24) is 10.6 Å². The van der Waals surface area contributed by atoms with Crippen LogP contribution in [0, 0.1) is 36.0 Å². The molecule has 0 saturated heterocycles. The minimum Gasteiger partial charge on any atom is -0.449 e. The first-order valence-corrected chi connectivity index (χ1v) is 18.3. The quantitative estimate of drug-likeness (QED) is 0.0322. The van der Waals surface area contributed by atoms with Gasteiger partial charge in [0, 0.05) is 12.3 Å². The summed E-state index contributed by atoms with van der Waals surface area (Å²) in [7, 11) is 0. The van der Waals surface area contributed by atoms with Gasteiger partial charge in [-0.25, -0.2) is 22.8 Å². The van der Waals surface area contributed by atoms with E-state index in [4.69, 9.17) is 9.47 Å². The maximum Gasteiger partial charge on any atom is 0.407 e. The van der Waals surface area contributed by atoms with E-state index in [2.05, 4.69) is 10.6 Å². The second-order valence-electron chi connectivity index (χ2n) is 13.8. The topological polar surface area (TPSA) is 93.7 Å². The Morgan fingerprint density at radius 3 is 1.62 bits per heavy atom. The second kappa shape index (κ2) is 16.7. The number of nitrogens with one attached hydrogen (secondary N) is 2. The van der Waals surface area contributed by atoms with E-state index >= 15 is 0 Å². The number of hydrogen-bond donors (Lipinski definition) is 2. The van der Waals surface area contributed by atoms with E-state index in [9.17, 15) is 36.3 Å². The molecule has 2 N–H and O–H groups in total. The highest BCUT2D eigenvalue weighted by molar-refractivity contribution is 5.85. The Bertz CT molecular complexity index is 2370. The Labute approximate surface area is 330 Å². The van der Waals surface area contributed by atoms with E-state index in [-0.39, 0.29) is 12.5 Å². The van der Waals surface area contributed by atoms with Crippen LogP contribution in [0.15, 0.2) is 133 Å². The van der Waals surface area contributed by atoms with Gasteiger partial charge in [-0.3, -0.25) is 4.79 Å². The minimum atomic E-state index is -2.45. The third-order valence-electron chi connectivity index (χ3n) is 10.2. The van der Waals surface area contributed by atoms with Crippen LogP contribution in [0.5, 0.6) is 5.75 Å². The van der Waals surface area contributed by atoms with Crippen LogP contribution in [-0.2, 0) is 19.9 Å². The molecule has 0 heterocycles. The number of halogens is 5. The van der Waals surface area contributed by atoms with Crippen molar-refractivity contribution < 1.29 is 45.8 Å². The zero-order valence-corrected chi connectivity index (χ0v) is 30.9. The average molecular weight is 791 g/mol. The standard InChI is InChI=1S/C46H35F5N2O5/c1-27-20-22-30(23-21-27)46(28-12-4-2-5-13-28,29-14-6-3-7-15-29)53-37(54)25-24-36(44(55)58-43-41(50)39(48)38(47)40(49)42(43)51)52-45(56)57-26-35-33-18-10-8-16-31(33)32-17-9-11-19-34(32)35/h2-23,35-36H,24-26H2,1H3,(H,52,56)(H,53,54). The number of esters is 1. The largest absolute Gasteiger partial charge is 0.449 e. The van der Waals surface area contributed by atoms with Crippen molar-refractivity contribution >= 4 is 18.0 Å². The first kappa shape index (κ1) is 39.4. The van der Waals surface area contributed by atoms with Crippen LogP contribution in [0.25, 0.3) is 11.1 Å². The fraction of sp³-hybridized carbons (Fsp3) is 0.152. The zero-order chi connectivity index (χ0) is 41.0. The third kappa shape index (κ3) is 7.65. The predicted octanol–water partition coefficient (Wildman–Crippen LogP) is 9.39. The molecule has 1 aliphatic carbocycles. The van der Waals surface area contributed by atoms with Gasteiger partial charge in [-0.2, -0.15) is 8.78 Å². The highest BCUT2D eigenvalue weighted by Gasteiger charge is 2.39. The third-order valence-corrected chi connectivity index (χ3v) is 10.2. The molecule has 1 aliphatic rings. The Morgan fingerprint density at radius 1 is 0.621 bits per heavy atom. The number of fused-ring (bicyclic) bond motifs is 3. The minimum absolute atomic E-state index is 0.188. The summed E-state index contributed by atoms with van der Waals surface area (Å²) in [5.41, 5.74) is 5.48. The lowest BCUT2D eigenvalue weighted by Gasteiger charge is -2.37. The molecule has 1 atom stereocenters. The lowest BCUT2D eigenvalue weighted by molar-refractivity contribution is -0.137. The molecule has 12 heteroatoms. The van der Waals surface area contributed by atoms with Crippen LogP contribution in [-0.4, -0.2) is 30.6 Å². The van der Waals surface area contributed by atoms with E-state index in [1.165, 1.54) is 0 Å². The van der Waals surface area contributed by atoms with Gasteiger partial charge >= 0.3 is 12.1 Å². The van der Waals surface area contributed by atoms with E-state index < -0.39 is 77.2 Å². The lowest BCUT2D eigenvalue weighted by atomic mass is 9.76. The van der Waals surface area contributed by atoms with Gasteiger partial charge in [0.1, 0.15) is 18.2 Å². The molecule has 0 saturated carbocycles. The Kier molecular flexibility index (Phi) is 11.4. The van der Waals surface area contributed by atoms with Crippen molar-refractivity contribution in [2.24, 2.45) is 0 Å². The van der Waals surface area contributed by atoms with Crippen molar-refractivity contribution in [3.05, 3.63) is 196 Å². The maximum atomic E-state index is 14.7. The predicted molar refractivity (Wildman–Crippen MR) is 205 cm³/mol. The summed E-state index contributed by atoms with van der Waals surface area (Å²) >= 11 is 0. The number of aryl methyl sites for hydroxylation is 1. The molecule has 6 aromatic rings. The van der Waals surface area contributed by atoms with Gasteiger partial charge < -0.3 is 20.1 Å². The number of hydrogen-bond acceptors (Lipinski definition) is 5. The summed E-state index contributed by atoms with van der Waals surface area (Å²) < 4.78 is 81.6. The highest BCUT2D eigenvalue weighted by atomic mass is 19.2. The summed E-state index contributed by atoms with van der Waals surface area (Å²) in [5, 5.41) is 5.41. The molecular formula is C46H35F5N2O5. The van der Waals surface area contributed by atoms with Crippen LogP contribution in [0.4, 0.5) is 26.7 Å². The molecule has 2 amide bonds. The van der Waals surface area contributed by atoms with Crippen LogP contribution < -0.4 is 15.4 Å². The molecule has 7 nitrogen and oxygen atoms in total. The molecule has 0 spiro atoms. The summed E-state index contributed by atoms with van der Waals surface area (Å²) in [5.74, 6) is -16.4. The first-order chi connectivity index (χ1) is 28.0. The summed E-state index contributed by atoms with van der Waals surface area (Å²) in [6.45, 7) is 1.73. The van der Waals surface area contributed by atoms with Crippen LogP contribution in [0.2, 0.25) is 0 Å². The molecule has 7 rings (SSSR count). The zero-order valence-electron chi connectivity index (χ0n) is 30.9. The number of carbonyl (C=O) groups is 3. The number of rotatable bonds is 12. The van der Waals surface area contributed by atoms with E-state index in [0.29, 0.717) is 16.7 Å². The van der Waals surface area contributed by atoms with Gasteiger partial charge in [0.05, 0.1) is 0 Å². The van der Waals surface area contributed by atoms with Crippen LogP contribution >= 0.6 is 0 Å². The van der Waals surface area contributed by atoms with E-state index in [1.807, 2.05) is 140 Å². The number of amides is 2. The molecule has 294 valence electrons. The molecule has 58 heavy (non-hydrogen) atoms. The summed E-state index contributed by atoms with van der Waals surface area (Å²) in [6.07, 6.45) is -2.20. The van der Waals surface area contributed by atoms with Gasteiger partial charge in [0.15, 0.2) is 0 Å².